The maximum absolute atomic E-state index is 14.5. The Morgan fingerprint density at radius 2 is 1.71 bits per heavy atom. The largest absolute Gasteiger partial charge is 0.457 e. The van der Waals surface area contributed by atoms with Gasteiger partial charge in [-0.3, -0.25) is 4.79 Å². The number of rotatable bonds is 1. The molecule has 1 aromatic rings. The maximum atomic E-state index is 14.5. The fourth-order valence-electron chi connectivity index (χ4n) is 6.80. The van der Waals surface area contributed by atoms with Crippen molar-refractivity contribution in [2.45, 2.75) is 77.0 Å². The van der Waals surface area contributed by atoms with Gasteiger partial charge in [0.2, 0.25) is 0 Å². The fourth-order valence-corrected chi connectivity index (χ4v) is 6.80. The first-order valence-corrected chi connectivity index (χ1v) is 12.0. The predicted molar refractivity (Wildman–Crippen MR) is 122 cm³/mol. The van der Waals surface area contributed by atoms with Crippen LogP contribution in [0.1, 0.15) is 68.9 Å². The van der Waals surface area contributed by atoms with E-state index in [2.05, 4.69) is 13.3 Å². The van der Waals surface area contributed by atoms with Crippen molar-refractivity contribution in [3.8, 4) is 12.3 Å². The SMILES string of the molecule is C#CC(F)(F)F.Cc1c(F)cc(C2CC3(C)C(O)CCC3C3CCC4=CC(=O)CCC4=C23)cc1F. The summed E-state index contributed by atoms with van der Waals surface area (Å²) in [5, 5.41) is 10.8. The molecule has 2 saturated carbocycles. The highest BCUT2D eigenvalue weighted by Crippen LogP contribution is 2.63. The van der Waals surface area contributed by atoms with Crippen LogP contribution >= 0.6 is 0 Å². The van der Waals surface area contributed by atoms with Crippen molar-refractivity contribution in [2.24, 2.45) is 17.3 Å². The number of halogens is 5. The van der Waals surface area contributed by atoms with Crippen molar-refractivity contribution < 1.29 is 31.9 Å². The quantitative estimate of drug-likeness (QED) is 0.349. The molecule has 188 valence electrons. The molecule has 5 unspecified atom stereocenters. The van der Waals surface area contributed by atoms with Gasteiger partial charge >= 0.3 is 6.18 Å². The third-order valence-electron chi connectivity index (χ3n) is 8.55. The Bertz CT molecular complexity index is 1120. The van der Waals surface area contributed by atoms with E-state index in [1.807, 2.05) is 0 Å². The summed E-state index contributed by atoms with van der Waals surface area (Å²) < 4.78 is 60.6. The second-order valence-corrected chi connectivity index (χ2v) is 10.4. The first-order valence-electron chi connectivity index (χ1n) is 12.0. The van der Waals surface area contributed by atoms with Crippen LogP contribution in [0.15, 0.2) is 34.9 Å². The molecule has 2 fully saturated rings. The molecule has 35 heavy (non-hydrogen) atoms. The van der Waals surface area contributed by atoms with Gasteiger partial charge in [0.15, 0.2) is 5.78 Å². The molecule has 0 aliphatic heterocycles. The Labute approximate surface area is 202 Å². The molecular formula is C28H29F5O2. The van der Waals surface area contributed by atoms with E-state index in [0.717, 1.165) is 37.7 Å². The van der Waals surface area contributed by atoms with Crippen LogP contribution in [0.2, 0.25) is 0 Å². The number of benzene rings is 1. The number of alkyl halides is 3. The van der Waals surface area contributed by atoms with Gasteiger partial charge in [-0.2, -0.15) is 13.2 Å². The van der Waals surface area contributed by atoms with Crippen molar-refractivity contribution in [1.82, 2.24) is 0 Å². The van der Waals surface area contributed by atoms with Gasteiger partial charge in [-0.05, 0) is 97.6 Å². The number of terminal acetylenes is 1. The van der Waals surface area contributed by atoms with Crippen molar-refractivity contribution in [1.29, 1.82) is 0 Å². The highest BCUT2D eigenvalue weighted by Gasteiger charge is 2.56. The van der Waals surface area contributed by atoms with Crippen molar-refractivity contribution in [3.05, 3.63) is 57.7 Å². The maximum Gasteiger partial charge on any atom is 0.457 e. The first kappa shape index (κ1) is 25.6. The number of hydrogen-bond donors (Lipinski definition) is 1. The lowest BCUT2D eigenvalue weighted by Gasteiger charge is -2.52. The number of fused-ring (bicyclic) bond motifs is 4. The van der Waals surface area contributed by atoms with Crippen molar-refractivity contribution in [2.75, 3.05) is 0 Å². The van der Waals surface area contributed by atoms with Gasteiger partial charge in [0.1, 0.15) is 11.6 Å². The summed E-state index contributed by atoms with van der Waals surface area (Å²) in [6.45, 7) is 3.63. The van der Waals surface area contributed by atoms with E-state index in [-0.39, 0.29) is 28.8 Å². The molecule has 0 heterocycles. The van der Waals surface area contributed by atoms with Gasteiger partial charge in [-0.15, -0.1) is 6.42 Å². The summed E-state index contributed by atoms with van der Waals surface area (Å²) in [5.74, 6) is 0.388. The Morgan fingerprint density at radius 1 is 1.09 bits per heavy atom. The molecule has 5 rings (SSSR count). The number of allylic oxidation sites excluding steroid dienone is 4. The molecular weight excluding hydrogens is 463 g/mol. The van der Waals surface area contributed by atoms with Gasteiger partial charge in [0, 0.05) is 23.8 Å². The zero-order chi connectivity index (χ0) is 25.7. The molecule has 2 nitrogen and oxygen atoms in total. The average Bonchev–Trinajstić information content (AvgIpc) is 3.10. The van der Waals surface area contributed by atoms with E-state index < -0.39 is 17.8 Å². The van der Waals surface area contributed by atoms with Gasteiger partial charge in [-0.1, -0.05) is 12.5 Å². The van der Waals surface area contributed by atoms with E-state index in [1.54, 1.807) is 6.08 Å². The third kappa shape index (κ3) is 4.70. The van der Waals surface area contributed by atoms with E-state index in [9.17, 15) is 31.9 Å². The minimum absolute atomic E-state index is 0.0521. The molecule has 0 saturated heterocycles. The summed E-state index contributed by atoms with van der Waals surface area (Å²) in [5.41, 5.74) is 4.19. The van der Waals surface area contributed by atoms with E-state index in [4.69, 9.17) is 0 Å². The molecule has 0 amide bonds. The van der Waals surface area contributed by atoms with Crippen LogP contribution in [-0.2, 0) is 4.79 Å². The molecule has 4 aliphatic carbocycles. The number of aliphatic hydroxyl groups is 1. The minimum Gasteiger partial charge on any atom is -0.393 e. The van der Waals surface area contributed by atoms with Crippen LogP contribution < -0.4 is 0 Å². The molecule has 1 aromatic carbocycles. The molecule has 7 heteroatoms. The summed E-state index contributed by atoms with van der Waals surface area (Å²) in [6.07, 6.45) is 6.53. The Hall–Kier alpha value is -2.46. The molecule has 4 aliphatic rings. The lowest BCUT2D eigenvalue weighted by atomic mass is 9.53. The summed E-state index contributed by atoms with van der Waals surface area (Å²) in [6, 6.07) is 2.98. The van der Waals surface area contributed by atoms with Crippen LogP contribution in [0.4, 0.5) is 22.0 Å². The second kappa shape index (κ2) is 9.20. The number of hydrogen-bond acceptors (Lipinski definition) is 2. The average molecular weight is 493 g/mol. The van der Waals surface area contributed by atoms with Crippen LogP contribution in [0.25, 0.3) is 0 Å². The number of ketones is 1. The molecule has 5 atom stereocenters. The van der Waals surface area contributed by atoms with Crippen molar-refractivity contribution >= 4 is 5.78 Å². The van der Waals surface area contributed by atoms with Gasteiger partial charge in [-0.25, -0.2) is 8.78 Å². The van der Waals surface area contributed by atoms with E-state index in [1.165, 1.54) is 30.2 Å². The highest BCUT2D eigenvalue weighted by molar-refractivity contribution is 5.93. The second-order valence-electron chi connectivity index (χ2n) is 10.4. The van der Waals surface area contributed by atoms with E-state index in [0.29, 0.717) is 36.2 Å². The summed E-state index contributed by atoms with van der Waals surface area (Å²) in [7, 11) is 0. The molecule has 0 radical (unpaired) electrons. The normalized spacial score (nSPS) is 32.0. The Balaban J connectivity index is 0.000000431. The topological polar surface area (TPSA) is 37.3 Å². The molecule has 0 spiro atoms. The zero-order valence-electron chi connectivity index (χ0n) is 19.8. The van der Waals surface area contributed by atoms with Gasteiger partial charge in [0.25, 0.3) is 0 Å². The minimum atomic E-state index is -4.43. The van der Waals surface area contributed by atoms with E-state index >= 15 is 0 Å². The van der Waals surface area contributed by atoms with Gasteiger partial charge in [0.05, 0.1) is 6.10 Å². The lowest BCUT2D eigenvalue weighted by molar-refractivity contribution is -0.114. The Kier molecular flexibility index (Phi) is 6.74. The summed E-state index contributed by atoms with van der Waals surface area (Å²) in [4.78, 5) is 12.0. The van der Waals surface area contributed by atoms with Crippen LogP contribution in [0.5, 0.6) is 0 Å². The first-order chi connectivity index (χ1) is 16.4. The zero-order valence-corrected chi connectivity index (χ0v) is 19.8. The number of aliphatic hydroxyl groups excluding tert-OH is 1. The van der Waals surface area contributed by atoms with Crippen LogP contribution in [0, 0.1) is 48.2 Å². The molecule has 0 bridgehead atoms. The number of carbonyl (C=O) groups excluding carboxylic acids is 1. The molecule has 1 N–H and O–H groups in total. The van der Waals surface area contributed by atoms with Crippen LogP contribution in [-0.4, -0.2) is 23.2 Å². The van der Waals surface area contributed by atoms with Crippen molar-refractivity contribution in [3.63, 3.8) is 0 Å². The lowest BCUT2D eigenvalue weighted by Crippen LogP contribution is -2.45. The highest BCUT2D eigenvalue weighted by atomic mass is 19.4. The van der Waals surface area contributed by atoms with Gasteiger partial charge < -0.3 is 5.11 Å². The monoisotopic (exact) mass is 492 g/mol. The Morgan fingerprint density at radius 3 is 2.31 bits per heavy atom. The smallest absolute Gasteiger partial charge is 0.393 e. The standard InChI is InChI=1S/C25H28F2O2.C3HF3/c1-13-21(26)10-15(11-22(13)27)19-12-25(2)20(7-8-23(25)29)18-5-3-14-9-16(28)4-6-17(14)24(18)19;1-2-3(4,5)6/h9-11,18-20,23,29H,3-8,12H2,1-2H3;1H. The predicted octanol–water partition coefficient (Wildman–Crippen LogP) is 6.72. The molecule has 0 aromatic heterocycles. The third-order valence-corrected chi connectivity index (χ3v) is 8.55. The fraction of sp³-hybridized carbons (Fsp3) is 0.536. The number of carbonyl (C=O) groups is 1. The van der Waals surface area contributed by atoms with Crippen LogP contribution in [0.3, 0.4) is 0 Å². The summed E-state index contributed by atoms with van der Waals surface area (Å²) >= 11 is 0.